The predicted molar refractivity (Wildman–Crippen MR) is 87.0 cm³/mol. The molecule has 2 N–H and O–H groups in total. The molecule has 1 heterocycles. The van der Waals surface area contributed by atoms with Gasteiger partial charge in [0.1, 0.15) is 11.6 Å². The van der Waals surface area contributed by atoms with Crippen LogP contribution in [0.3, 0.4) is 0 Å². The Morgan fingerprint density at radius 1 is 1.38 bits per heavy atom. The van der Waals surface area contributed by atoms with Gasteiger partial charge in [0.2, 0.25) is 6.41 Å². The minimum Gasteiger partial charge on any atom is -0.480 e. The average Bonchev–Trinajstić information content (AvgIpc) is 2.84. The molecular weight excluding hydrogens is 312 g/mol. The van der Waals surface area contributed by atoms with E-state index in [9.17, 15) is 19.5 Å². The molecule has 2 amide bonds. The molecule has 0 aromatic rings. The summed E-state index contributed by atoms with van der Waals surface area (Å²) in [6.07, 6.45) is 9.13. The largest absolute Gasteiger partial charge is 0.480 e. The average molecular weight is 334 g/mol. The smallest absolute Gasteiger partial charge is 0.414 e. The maximum absolute atomic E-state index is 12.4. The summed E-state index contributed by atoms with van der Waals surface area (Å²) in [5, 5.41) is 11.5. The zero-order valence-electron chi connectivity index (χ0n) is 13.9. The van der Waals surface area contributed by atoms with Crippen LogP contribution in [-0.4, -0.2) is 46.2 Å². The summed E-state index contributed by atoms with van der Waals surface area (Å²) in [6.45, 7) is 5.36. The Kier molecular flexibility index (Phi) is 5.11. The first kappa shape index (κ1) is 17.8. The Bertz CT molecular complexity index is 615. The number of rotatable bonds is 5. The van der Waals surface area contributed by atoms with Crippen molar-refractivity contribution in [2.45, 2.75) is 44.9 Å². The number of nitrogens with one attached hydrogen (secondary N) is 1. The van der Waals surface area contributed by atoms with Crippen LogP contribution in [0.15, 0.2) is 36.1 Å². The molecule has 1 aliphatic heterocycles. The van der Waals surface area contributed by atoms with E-state index in [1.807, 2.05) is 24.3 Å². The lowest BCUT2D eigenvalue weighted by Gasteiger charge is -2.29. The van der Waals surface area contributed by atoms with Crippen LogP contribution in [0, 0.1) is 5.92 Å². The molecule has 0 fully saturated rings. The van der Waals surface area contributed by atoms with Gasteiger partial charge in [0, 0.05) is 18.5 Å². The first-order valence-electron chi connectivity index (χ1n) is 7.72. The highest BCUT2D eigenvalue weighted by molar-refractivity contribution is 5.77. The summed E-state index contributed by atoms with van der Waals surface area (Å²) in [7, 11) is 0. The van der Waals surface area contributed by atoms with Crippen molar-refractivity contribution in [1.82, 2.24) is 10.2 Å². The van der Waals surface area contributed by atoms with E-state index >= 15 is 0 Å². The number of hydrogen-bond donors (Lipinski definition) is 2. The Balaban J connectivity index is 2.23. The molecule has 3 unspecified atom stereocenters. The van der Waals surface area contributed by atoms with E-state index in [4.69, 9.17) is 4.74 Å². The summed E-state index contributed by atoms with van der Waals surface area (Å²) in [5.41, 5.74) is 0.133. The first-order valence-corrected chi connectivity index (χ1v) is 7.72. The molecular formula is C17H22N2O5. The Morgan fingerprint density at radius 2 is 2.04 bits per heavy atom. The number of aliphatic carboxylic acids is 1. The highest BCUT2D eigenvalue weighted by Crippen LogP contribution is 2.36. The van der Waals surface area contributed by atoms with Crippen molar-refractivity contribution in [1.29, 1.82) is 0 Å². The Morgan fingerprint density at radius 3 is 2.62 bits per heavy atom. The van der Waals surface area contributed by atoms with Gasteiger partial charge in [0.15, 0.2) is 0 Å². The van der Waals surface area contributed by atoms with Crippen molar-refractivity contribution in [3.8, 4) is 0 Å². The van der Waals surface area contributed by atoms with Gasteiger partial charge in [-0.2, -0.15) is 0 Å². The van der Waals surface area contributed by atoms with Crippen molar-refractivity contribution in [2.75, 3.05) is 0 Å². The molecule has 0 spiro atoms. The van der Waals surface area contributed by atoms with Gasteiger partial charge in [-0.25, -0.2) is 9.59 Å². The van der Waals surface area contributed by atoms with Crippen molar-refractivity contribution in [2.24, 2.45) is 5.92 Å². The molecule has 7 nitrogen and oxygen atoms in total. The molecule has 130 valence electrons. The zero-order valence-corrected chi connectivity index (χ0v) is 13.9. The van der Waals surface area contributed by atoms with Crippen LogP contribution in [-0.2, 0) is 14.3 Å². The molecule has 0 aromatic heterocycles. The molecule has 2 rings (SSSR count). The van der Waals surface area contributed by atoms with E-state index in [0.717, 1.165) is 5.57 Å². The molecule has 0 aromatic carbocycles. The normalized spacial score (nSPS) is 23.3. The third kappa shape index (κ3) is 4.04. The first-order chi connectivity index (χ1) is 11.2. The second kappa shape index (κ2) is 6.90. The Hall–Kier alpha value is -2.57. The molecule has 0 radical (unpaired) electrons. The van der Waals surface area contributed by atoms with Gasteiger partial charge in [-0.05, 0) is 26.3 Å². The van der Waals surface area contributed by atoms with Crippen LogP contribution < -0.4 is 5.32 Å². The van der Waals surface area contributed by atoms with E-state index in [2.05, 4.69) is 5.32 Å². The van der Waals surface area contributed by atoms with Crippen LogP contribution in [0.2, 0.25) is 0 Å². The fourth-order valence-corrected chi connectivity index (χ4v) is 2.77. The molecule has 0 bridgehead atoms. The number of carbonyl (C=O) groups is 3. The summed E-state index contributed by atoms with van der Waals surface area (Å²) in [4.78, 5) is 35.8. The summed E-state index contributed by atoms with van der Waals surface area (Å²) < 4.78 is 5.42. The van der Waals surface area contributed by atoms with Gasteiger partial charge in [-0.15, -0.1) is 0 Å². The van der Waals surface area contributed by atoms with Gasteiger partial charge in [0.05, 0.1) is 6.04 Å². The number of carboxylic acids is 1. The van der Waals surface area contributed by atoms with Crippen LogP contribution in [0.5, 0.6) is 0 Å². The lowest BCUT2D eigenvalue weighted by Crippen LogP contribution is -2.39. The fraction of sp³-hybridized carbons (Fsp3) is 0.471. The second-order valence-electron chi connectivity index (χ2n) is 6.76. The zero-order chi connectivity index (χ0) is 17.9. The van der Waals surface area contributed by atoms with E-state index < -0.39 is 23.7 Å². The summed E-state index contributed by atoms with van der Waals surface area (Å²) in [6, 6.07) is -1.28. The summed E-state index contributed by atoms with van der Waals surface area (Å²) >= 11 is 0. The van der Waals surface area contributed by atoms with Crippen molar-refractivity contribution in [3.63, 3.8) is 0 Å². The lowest BCUT2D eigenvalue weighted by molar-refractivity contribution is -0.140. The molecule has 3 atom stereocenters. The number of amides is 2. The second-order valence-corrected chi connectivity index (χ2v) is 6.76. The van der Waals surface area contributed by atoms with Gasteiger partial charge in [-0.1, -0.05) is 24.3 Å². The monoisotopic (exact) mass is 334 g/mol. The van der Waals surface area contributed by atoms with Crippen molar-refractivity contribution >= 4 is 18.5 Å². The maximum Gasteiger partial charge on any atom is 0.414 e. The fourth-order valence-electron chi connectivity index (χ4n) is 2.77. The maximum atomic E-state index is 12.4. The molecule has 7 heteroatoms. The molecule has 2 aliphatic rings. The molecule has 24 heavy (non-hydrogen) atoms. The number of carboxylic acid groups (broad SMARTS) is 1. The molecule has 0 saturated heterocycles. The third-order valence-electron chi connectivity index (χ3n) is 3.77. The Labute approximate surface area is 140 Å². The predicted octanol–water partition coefficient (Wildman–Crippen LogP) is 1.82. The quantitative estimate of drug-likeness (QED) is 0.748. The molecule has 1 aliphatic carbocycles. The van der Waals surface area contributed by atoms with Crippen molar-refractivity contribution in [3.05, 3.63) is 36.1 Å². The highest BCUT2D eigenvalue weighted by atomic mass is 16.6. The van der Waals surface area contributed by atoms with E-state index in [-0.39, 0.29) is 18.4 Å². The number of allylic oxidation sites excluding steroid dienone is 2. The third-order valence-corrected chi connectivity index (χ3v) is 3.77. The molecule has 0 saturated carbocycles. The van der Waals surface area contributed by atoms with Gasteiger partial charge in [-0.3, -0.25) is 9.69 Å². The van der Waals surface area contributed by atoms with E-state index in [0.29, 0.717) is 6.41 Å². The van der Waals surface area contributed by atoms with Gasteiger partial charge >= 0.3 is 12.1 Å². The number of fused-ring (bicyclic) bond motifs is 1. The minimum absolute atomic E-state index is 0.118. The SMILES string of the molecule is CC(C)(C)OC(=O)N1C=C(CC(NC=O)C(=O)O)C2C=CC=CC21. The van der Waals surface area contributed by atoms with Gasteiger partial charge < -0.3 is 15.2 Å². The number of ether oxygens (including phenoxy) is 1. The summed E-state index contributed by atoms with van der Waals surface area (Å²) in [5.74, 6) is -1.25. The number of carbonyl (C=O) groups excluding carboxylic acids is 2. The minimum atomic E-state index is -1.12. The topological polar surface area (TPSA) is 95.9 Å². The number of nitrogens with zero attached hydrogens (tertiary/aromatic N) is 1. The highest BCUT2D eigenvalue weighted by Gasteiger charge is 2.39. The van der Waals surface area contributed by atoms with E-state index in [1.54, 1.807) is 27.0 Å². The van der Waals surface area contributed by atoms with Crippen LogP contribution >= 0.6 is 0 Å². The number of hydrogen-bond acceptors (Lipinski definition) is 4. The van der Waals surface area contributed by atoms with Crippen LogP contribution in [0.1, 0.15) is 27.2 Å². The van der Waals surface area contributed by atoms with Gasteiger partial charge in [0.25, 0.3) is 0 Å². The van der Waals surface area contributed by atoms with Crippen molar-refractivity contribution < 1.29 is 24.2 Å². The van der Waals surface area contributed by atoms with Crippen LogP contribution in [0.25, 0.3) is 0 Å². The standard InChI is InChI=1S/C17H22N2O5/c1-17(2,3)24-16(23)19-9-11(8-13(15(21)22)18-10-20)12-6-4-5-7-14(12)19/h4-7,9-10,12-14H,8H2,1-3H3,(H,18,20)(H,21,22). The lowest BCUT2D eigenvalue weighted by atomic mass is 9.88. The van der Waals surface area contributed by atoms with Crippen LogP contribution in [0.4, 0.5) is 4.79 Å². The van der Waals surface area contributed by atoms with E-state index in [1.165, 1.54) is 4.90 Å².